The van der Waals surface area contributed by atoms with Gasteiger partial charge in [0.05, 0.1) is 9.80 Å². The molecule has 0 radical (unpaired) electrons. The van der Waals surface area contributed by atoms with Crippen LogP contribution in [0.5, 0.6) is 0 Å². The van der Waals surface area contributed by atoms with Crippen LogP contribution in [0.2, 0.25) is 0 Å². The summed E-state index contributed by atoms with van der Waals surface area (Å²) in [5.74, 6) is -0.726. The largest absolute Gasteiger partial charge is 0.350 e. The molecule has 0 aliphatic carbocycles. The number of H-pyrrole nitrogens is 1. The zero-order valence-electron chi connectivity index (χ0n) is 15.5. The smallest absolute Gasteiger partial charge is 0.324 e. The van der Waals surface area contributed by atoms with Crippen molar-refractivity contribution in [3.63, 3.8) is 0 Å². The number of carbonyl (C=O) groups excluding carboxylic acids is 2. The average Bonchev–Trinajstić information content (AvgIpc) is 3.29. The van der Waals surface area contributed by atoms with E-state index in [2.05, 4.69) is 10.3 Å². The number of nitro groups is 1. The number of hydrogen-bond acceptors (Lipinski definition) is 6. The third kappa shape index (κ3) is 3.96. The number of likely N-dealkylation sites (tertiary alicyclic amines) is 1. The van der Waals surface area contributed by atoms with Crippen molar-refractivity contribution in [1.82, 2.24) is 15.2 Å². The first kappa shape index (κ1) is 19.7. The maximum atomic E-state index is 12.7. The van der Waals surface area contributed by atoms with Gasteiger partial charge in [-0.05, 0) is 44.4 Å². The van der Waals surface area contributed by atoms with E-state index in [-0.39, 0.29) is 33.8 Å². The van der Waals surface area contributed by atoms with E-state index in [1.807, 2.05) is 6.07 Å². The summed E-state index contributed by atoms with van der Waals surface area (Å²) in [4.78, 5) is 52.1. The molecule has 0 aromatic carbocycles. The van der Waals surface area contributed by atoms with Crippen molar-refractivity contribution >= 4 is 28.2 Å². The fourth-order valence-corrected chi connectivity index (χ4v) is 4.14. The number of aryl methyl sites for hydroxylation is 2. The molecule has 2 aromatic rings. The molecule has 28 heavy (non-hydrogen) atoms. The van der Waals surface area contributed by atoms with Gasteiger partial charge < -0.3 is 15.2 Å². The molecule has 1 fully saturated rings. The number of rotatable bonds is 5. The lowest BCUT2D eigenvalue weighted by molar-refractivity contribution is -0.380. The van der Waals surface area contributed by atoms with Crippen LogP contribution in [0.15, 0.2) is 23.0 Å². The molecule has 3 heterocycles. The monoisotopic (exact) mass is 404 g/mol. The molecule has 9 nitrogen and oxygen atoms in total. The van der Waals surface area contributed by atoms with Crippen LogP contribution in [0.4, 0.5) is 5.00 Å². The molecule has 2 N–H and O–H groups in total. The Labute approximate surface area is 164 Å². The summed E-state index contributed by atoms with van der Waals surface area (Å²) in [6, 6.07) is 3.87. The standard InChI is InChI=1S/C18H20N4O5S/c1-10-8-11(2)20-16(23)12(10)9-19-17(24)13-4-3-7-21(13)18(25)14-5-6-15(28-14)22(26)27/h5-6,8,13H,3-4,7,9H2,1-2H3,(H,19,24)(H,20,23). The Morgan fingerprint density at radius 2 is 2.14 bits per heavy atom. The molecule has 3 rings (SSSR count). The molecule has 148 valence electrons. The summed E-state index contributed by atoms with van der Waals surface area (Å²) in [7, 11) is 0. The second-order valence-electron chi connectivity index (χ2n) is 6.71. The van der Waals surface area contributed by atoms with E-state index >= 15 is 0 Å². The second kappa shape index (κ2) is 7.93. The summed E-state index contributed by atoms with van der Waals surface area (Å²) in [6.45, 7) is 4.07. The molecule has 1 unspecified atom stereocenters. The van der Waals surface area contributed by atoms with Crippen molar-refractivity contribution in [2.24, 2.45) is 0 Å². The zero-order valence-corrected chi connectivity index (χ0v) is 16.3. The summed E-state index contributed by atoms with van der Waals surface area (Å²) in [5.41, 5.74) is 1.76. The molecule has 1 aliphatic rings. The quantitative estimate of drug-likeness (QED) is 0.581. The molecule has 0 spiro atoms. The van der Waals surface area contributed by atoms with Crippen LogP contribution in [0, 0.1) is 24.0 Å². The molecule has 1 aliphatic heterocycles. The Morgan fingerprint density at radius 3 is 2.79 bits per heavy atom. The predicted octanol–water partition coefficient (Wildman–Crippen LogP) is 1.88. The second-order valence-corrected chi connectivity index (χ2v) is 7.77. The Hall–Kier alpha value is -3.01. The van der Waals surface area contributed by atoms with Gasteiger partial charge in [-0.2, -0.15) is 0 Å². The Balaban J connectivity index is 1.70. The molecule has 2 aromatic heterocycles. The highest BCUT2D eigenvalue weighted by atomic mass is 32.1. The van der Waals surface area contributed by atoms with Gasteiger partial charge in [-0.1, -0.05) is 11.3 Å². The third-order valence-corrected chi connectivity index (χ3v) is 5.76. The van der Waals surface area contributed by atoms with Gasteiger partial charge in [-0.25, -0.2) is 0 Å². The summed E-state index contributed by atoms with van der Waals surface area (Å²) >= 11 is 0.798. The average molecular weight is 404 g/mol. The van der Waals surface area contributed by atoms with Gasteiger partial charge in [0, 0.05) is 30.4 Å². The first-order valence-electron chi connectivity index (χ1n) is 8.80. The number of nitrogens with zero attached hydrogens (tertiary/aromatic N) is 2. The number of thiophene rings is 1. The topological polar surface area (TPSA) is 125 Å². The minimum absolute atomic E-state index is 0.0727. The lowest BCUT2D eigenvalue weighted by Crippen LogP contribution is -2.46. The highest BCUT2D eigenvalue weighted by molar-refractivity contribution is 7.17. The van der Waals surface area contributed by atoms with Gasteiger partial charge in [-0.15, -0.1) is 0 Å². The van der Waals surface area contributed by atoms with Crippen LogP contribution >= 0.6 is 11.3 Å². The van der Waals surface area contributed by atoms with Gasteiger partial charge in [0.1, 0.15) is 6.04 Å². The van der Waals surface area contributed by atoms with Gasteiger partial charge in [0.2, 0.25) is 5.91 Å². The molecule has 2 amide bonds. The lowest BCUT2D eigenvalue weighted by Gasteiger charge is -2.23. The number of hydrogen-bond donors (Lipinski definition) is 2. The molecular formula is C18H20N4O5S. The maximum Gasteiger partial charge on any atom is 0.324 e. The van der Waals surface area contributed by atoms with Crippen molar-refractivity contribution < 1.29 is 14.5 Å². The van der Waals surface area contributed by atoms with E-state index in [1.165, 1.54) is 17.0 Å². The SMILES string of the molecule is Cc1cc(C)c(CNC(=O)C2CCCN2C(=O)c2ccc([N+](=O)[O-])s2)c(=O)[nH]1. The number of pyridine rings is 1. The van der Waals surface area contributed by atoms with Crippen LogP contribution in [-0.2, 0) is 11.3 Å². The summed E-state index contributed by atoms with van der Waals surface area (Å²) < 4.78 is 0. The Kier molecular flexibility index (Phi) is 5.59. The van der Waals surface area contributed by atoms with E-state index in [0.717, 1.165) is 22.6 Å². The molecule has 1 saturated heterocycles. The number of aromatic amines is 1. The van der Waals surface area contributed by atoms with Crippen molar-refractivity contribution in [2.75, 3.05) is 6.54 Å². The summed E-state index contributed by atoms with van der Waals surface area (Å²) in [6.07, 6.45) is 1.18. The fourth-order valence-electron chi connectivity index (χ4n) is 3.36. The highest BCUT2D eigenvalue weighted by Crippen LogP contribution is 2.28. The Bertz CT molecular complexity index is 996. The van der Waals surface area contributed by atoms with Crippen molar-refractivity contribution in [1.29, 1.82) is 0 Å². The Morgan fingerprint density at radius 1 is 1.39 bits per heavy atom. The van der Waals surface area contributed by atoms with E-state index in [1.54, 1.807) is 13.8 Å². The van der Waals surface area contributed by atoms with Gasteiger partial charge in [0.25, 0.3) is 11.5 Å². The van der Waals surface area contributed by atoms with Crippen molar-refractivity contribution in [2.45, 2.75) is 39.3 Å². The predicted molar refractivity (Wildman–Crippen MR) is 103 cm³/mol. The zero-order chi connectivity index (χ0) is 20.4. The van der Waals surface area contributed by atoms with Crippen LogP contribution < -0.4 is 10.9 Å². The van der Waals surface area contributed by atoms with Gasteiger partial charge in [-0.3, -0.25) is 24.5 Å². The van der Waals surface area contributed by atoms with Crippen LogP contribution in [-0.4, -0.2) is 39.2 Å². The molecular weight excluding hydrogens is 384 g/mol. The highest BCUT2D eigenvalue weighted by Gasteiger charge is 2.35. The number of nitrogens with one attached hydrogen (secondary N) is 2. The minimum Gasteiger partial charge on any atom is -0.350 e. The number of amides is 2. The lowest BCUT2D eigenvalue weighted by atomic mass is 10.1. The van der Waals surface area contributed by atoms with Crippen LogP contribution in [0.1, 0.15) is 39.3 Å². The first-order chi connectivity index (χ1) is 13.3. The van der Waals surface area contributed by atoms with Crippen molar-refractivity contribution in [3.05, 3.63) is 60.4 Å². The van der Waals surface area contributed by atoms with Gasteiger partial charge >= 0.3 is 5.00 Å². The molecule has 1 atom stereocenters. The van der Waals surface area contributed by atoms with Crippen LogP contribution in [0.3, 0.4) is 0 Å². The normalized spacial score (nSPS) is 16.2. The minimum atomic E-state index is -0.654. The van der Waals surface area contributed by atoms with Gasteiger partial charge in [0.15, 0.2) is 0 Å². The third-order valence-electron chi connectivity index (χ3n) is 4.73. The van der Waals surface area contributed by atoms with Crippen LogP contribution in [0.25, 0.3) is 0 Å². The molecule has 10 heteroatoms. The maximum absolute atomic E-state index is 12.7. The number of aromatic nitrogens is 1. The molecule has 0 bridgehead atoms. The summed E-state index contributed by atoms with van der Waals surface area (Å²) in [5, 5.41) is 13.5. The van der Waals surface area contributed by atoms with E-state index in [9.17, 15) is 24.5 Å². The van der Waals surface area contributed by atoms with E-state index < -0.39 is 11.0 Å². The van der Waals surface area contributed by atoms with E-state index in [0.29, 0.717) is 24.9 Å². The fraction of sp³-hybridized carbons (Fsp3) is 0.389. The van der Waals surface area contributed by atoms with E-state index in [4.69, 9.17) is 0 Å². The van der Waals surface area contributed by atoms with Crippen molar-refractivity contribution in [3.8, 4) is 0 Å². The molecule has 0 saturated carbocycles. The first-order valence-corrected chi connectivity index (χ1v) is 9.62. The number of carbonyl (C=O) groups is 2.